The summed E-state index contributed by atoms with van der Waals surface area (Å²) >= 11 is 0.952. The summed E-state index contributed by atoms with van der Waals surface area (Å²) < 4.78 is 21.6. The Morgan fingerprint density at radius 1 is 1.29 bits per heavy atom. The van der Waals surface area contributed by atoms with Crippen LogP contribution in [0.5, 0.6) is 0 Å². The first-order valence-electron chi connectivity index (χ1n) is 3.91. The van der Waals surface area contributed by atoms with Gasteiger partial charge in [0, 0.05) is 11.2 Å². The largest absolute Gasteiger partial charge is 0.286 e. The summed E-state index contributed by atoms with van der Waals surface area (Å²) in [6, 6.07) is 8.98. The highest BCUT2D eigenvalue weighted by Crippen LogP contribution is 2.18. The maximum atomic E-state index is 11.2. The lowest BCUT2D eigenvalue weighted by Gasteiger charge is -1.98. The van der Waals surface area contributed by atoms with Crippen molar-refractivity contribution in [2.75, 3.05) is 12.0 Å². The molecule has 1 aromatic carbocycles. The van der Waals surface area contributed by atoms with Gasteiger partial charge < -0.3 is 0 Å². The molecule has 0 amide bonds. The van der Waals surface area contributed by atoms with E-state index in [4.69, 9.17) is 0 Å². The minimum Gasteiger partial charge on any atom is -0.286 e. The third-order valence-electron chi connectivity index (χ3n) is 1.35. The van der Waals surface area contributed by atoms with Crippen LogP contribution in [0, 0.1) is 0 Å². The highest BCUT2D eigenvalue weighted by atomic mass is 32.2. The summed E-state index contributed by atoms with van der Waals surface area (Å²) in [5.74, 6) is -0.410. The topological polar surface area (TPSA) is 51.2 Å². The van der Waals surface area contributed by atoms with Crippen LogP contribution in [0.15, 0.2) is 35.2 Å². The first-order valence-corrected chi connectivity index (χ1v) is 6.78. The molecular formula is C9H10O3S2. The predicted octanol–water partition coefficient (Wildman–Crippen LogP) is 1.35. The molecule has 0 heterocycles. The van der Waals surface area contributed by atoms with Crippen molar-refractivity contribution in [2.45, 2.75) is 4.90 Å². The Morgan fingerprint density at radius 3 is 2.36 bits per heavy atom. The molecule has 0 radical (unpaired) electrons. The molecule has 0 spiro atoms. The Labute approximate surface area is 87.4 Å². The zero-order chi connectivity index (χ0) is 10.6. The standard InChI is InChI=1S/C9H10O3S2/c1-14(11,12)7-9(10)13-8-5-3-2-4-6-8/h2-6H,7H2,1H3. The SMILES string of the molecule is CS(=O)(=O)CC(=O)Sc1ccccc1. The van der Waals surface area contributed by atoms with Crippen LogP contribution in [0.2, 0.25) is 0 Å². The molecule has 14 heavy (non-hydrogen) atoms. The molecule has 76 valence electrons. The van der Waals surface area contributed by atoms with Gasteiger partial charge in [-0.1, -0.05) is 30.0 Å². The minimum atomic E-state index is -3.21. The second kappa shape index (κ2) is 4.61. The van der Waals surface area contributed by atoms with Crippen LogP contribution < -0.4 is 0 Å². The highest BCUT2D eigenvalue weighted by Gasteiger charge is 2.11. The van der Waals surface area contributed by atoms with Crippen molar-refractivity contribution in [2.24, 2.45) is 0 Å². The first-order chi connectivity index (χ1) is 6.47. The highest BCUT2D eigenvalue weighted by molar-refractivity contribution is 8.15. The molecule has 0 aliphatic rings. The Bertz CT molecular complexity index is 409. The minimum absolute atomic E-state index is 0.348. The number of rotatable bonds is 3. The van der Waals surface area contributed by atoms with Gasteiger partial charge in [-0.3, -0.25) is 4.79 Å². The summed E-state index contributed by atoms with van der Waals surface area (Å²) in [7, 11) is -3.21. The van der Waals surface area contributed by atoms with Crippen molar-refractivity contribution in [1.82, 2.24) is 0 Å². The lowest BCUT2D eigenvalue weighted by Crippen LogP contribution is -2.10. The Hall–Kier alpha value is -0.810. The van der Waals surface area contributed by atoms with Crippen LogP contribution in [0.25, 0.3) is 0 Å². The van der Waals surface area contributed by atoms with Gasteiger partial charge in [0.2, 0.25) is 5.12 Å². The molecule has 0 saturated heterocycles. The van der Waals surface area contributed by atoms with Crippen molar-refractivity contribution in [3.8, 4) is 0 Å². The molecule has 0 N–H and O–H groups in total. The van der Waals surface area contributed by atoms with E-state index >= 15 is 0 Å². The van der Waals surface area contributed by atoms with Gasteiger partial charge in [0.15, 0.2) is 9.84 Å². The fraction of sp³-hybridized carbons (Fsp3) is 0.222. The summed E-state index contributed by atoms with van der Waals surface area (Å²) in [6.07, 6.45) is 1.05. The molecule has 1 aromatic rings. The average Bonchev–Trinajstić information content (AvgIpc) is 2.02. The summed E-state index contributed by atoms with van der Waals surface area (Å²) in [6.45, 7) is 0. The van der Waals surface area contributed by atoms with E-state index in [0.29, 0.717) is 0 Å². The lowest BCUT2D eigenvalue weighted by atomic mass is 10.4. The lowest BCUT2D eigenvalue weighted by molar-refractivity contribution is -0.108. The number of hydrogen-bond donors (Lipinski definition) is 0. The zero-order valence-electron chi connectivity index (χ0n) is 7.64. The van der Waals surface area contributed by atoms with Gasteiger partial charge in [-0.25, -0.2) is 8.42 Å². The first kappa shape index (κ1) is 11.3. The van der Waals surface area contributed by atoms with Gasteiger partial charge in [-0.05, 0) is 12.1 Å². The fourth-order valence-corrected chi connectivity index (χ4v) is 2.73. The third kappa shape index (κ3) is 4.43. The number of carbonyl (C=O) groups is 1. The average molecular weight is 230 g/mol. The molecule has 0 aliphatic carbocycles. The maximum absolute atomic E-state index is 11.2. The summed E-state index contributed by atoms with van der Waals surface area (Å²) in [4.78, 5) is 12.0. The van der Waals surface area contributed by atoms with Crippen LogP contribution in [0.1, 0.15) is 0 Å². The second-order valence-corrected chi connectivity index (χ2v) is 6.13. The molecular weight excluding hydrogens is 220 g/mol. The fourth-order valence-electron chi connectivity index (χ4n) is 0.864. The van der Waals surface area contributed by atoms with Crippen molar-refractivity contribution in [1.29, 1.82) is 0 Å². The smallest absolute Gasteiger partial charge is 0.208 e. The van der Waals surface area contributed by atoms with Gasteiger partial charge >= 0.3 is 0 Å². The zero-order valence-corrected chi connectivity index (χ0v) is 9.27. The molecule has 0 fully saturated rings. The van der Waals surface area contributed by atoms with E-state index in [9.17, 15) is 13.2 Å². The van der Waals surface area contributed by atoms with Crippen molar-refractivity contribution in [3.05, 3.63) is 30.3 Å². The summed E-state index contributed by atoms with van der Waals surface area (Å²) in [5.41, 5.74) is 0. The molecule has 0 atom stereocenters. The van der Waals surface area contributed by atoms with E-state index in [1.165, 1.54) is 0 Å². The molecule has 5 heteroatoms. The normalized spacial score (nSPS) is 11.2. The number of carbonyl (C=O) groups excluding carboxylic acids is 1. The van der Waals surface area contributed by atoms with E-state index in [1.807, 2.05) is 6.07 Å². The van der Waals surface area contributed by atoms with Crippen LogP contribution >= 0.6 is 11.8 Å². The molecule has 0 saturated carbocycles. The van der Waals surface area contributed by atoms with Crippen LogP contribution in [0.3, 0.4) is 0 Å². The van der Waals surface area contributed by atoms with E-state index in [1.54, 1.807) is 24.3 Å². The van der Waals surface area contributed by atoms with E-state index in [0.717, 1.165) is 22.9 Å². The van der Waals surface area contributed by atoms with E-state index < -0.39 is 15.6 Å². The van der Waals surface area contributed by atoms with Crippen molar-refractivity contribution in [3.63, 3.8) is 0 Å². The molecule has 0 aliphatic heterocycles. The molecule has 0 bridgehead atoms. The quantitative estimate of drug-likeness (QED) is 0.735. The Balaban J connectivity index is 2.59. The molecule has 3 nitrogen and oxygen atoms in total. The van der Waals surface area contributed by atoms with Crippen LogP contribution in [-0.4, -0.2) is 25.5 Å². The van der Waals surface area contributed by atoms with Crippen LogP contribution in [-0.2, 0) is 14.6 Å². The molecule has 1 rings (SSSR count). The number of hydrogen-bond acceptors (Lipinski definition) is 4. The second-order valence-electron chi connectivity index (χ2n) is 2.86. The van der Waals surface area contributed by atoms with Gasteiger partial charge in [0.1, 0.15) is 5.75 Å². The molecule has 0 aromatic heterocycles. The number of thioether (sulfide) groups is 1. The van der Waals surface area contributed by atoms with Gasteiger partial charge in [0.05, 0.1) is 0 Å². The Morgan fingerprint density at radius 2 is 1.86 bits per heavy atom. The third-order valence-corrected chi connectivity index (χ3v) is 3.20. The number of benzene rings is 1. The number of sulfone groups is 1. The van der Waals surface area contributed by atoms with Gasteiger partial charge in [-0.2, -0.15) is 0 Å². The maximum Gasteiger partial charge on any atom is 0.208 e. The predicted molar refractivity (Wildman–Crippen MR) is 57.0 cm³/mol. The van der Waals surface area contributed by atoms with Crippen molar-refractivity contribution < 1.29 is 13.2 Å². The summed E-state index contributed by atoms with van der Waals surface area (Å²) in [5, 5.41) is -0.348. The van der Waals surface area contributed by atoms with Gasteiger partial charge in [-0.15, -0.1) is 0 Å². The van der Waals surface area contributed by atoms with Crippen LogP contribution in [0.4, 0.5) is 0 Å². The molecule has 0 unspecified atom stereocenters. The van der Waals surface area contributed by atoms with Crippen molar-refractivity contribution >= 4 is 26.7 Å². The van der Waals surface area contributed by atoms with E-state index in [-0.39, 0.29) is 5.12 Å². The monoisotopic (exact) mass is 230 g/mol. The van der Waals surface area contributed by atoms with E-state index in [2.05, 4.69) is 0 Å². The Kier molecular flexibility index (Phi) is 3.71. The van der Waals surface area contributed by atoms with Gasteiger partial charge in [0.25, 0.3) is 0 Å².